The zero-order chi connectivity index (χ0) is 26.6. The maximum Gasteiger partial charge on any atom is 0.163 e. The molecule has 4 rings (SSSR count). The minimum absolute atomic E-state index is 0.191. The molecule has 0 unspecified atom stereocenters. The lowest BCUT2D eigenvalue weighted by Crippen LogP contribution is -2.22. The third-order valence-corrected chi connectivity index (χ3v) is 9.57. The van der Waals surface area contributed by atoms with Gasteiger partial charge in [0, 0.05) is 52.7 Å². The molecule has 0 aliphatic rings. The molecule has 0 aliphatic carbocycles. The van der Waals surface area contributed by atoms with Crippen molar-refractivity contribution in [3.63, 3.8) is 0 Å². The van der Waals surface area contributed by atoms with Gasteiger partial charge in [0.05, 0.1) is 12.1 Å². The minimum atomic E-state index is -1.20. The second-order valence-corrected chi connectivity index (χ2v) is 23.0. The van der Waals surface area contributed by atoms with Gasteiger partial charge in [0.2, 0.25) is 0 Å². The van der Waals surface area contributed by atoms with Crippen LogP contribution in [0.4, 0.5) is 0 Å². The topological polar surface area (TPSA) is 116 Å². The Morgan fingerprint density at radius 1 is 0.919 bits per heavy atom. The molecule has 0 aliphatic heterocycles. The van der Waals surface area contributed by atoms with Crippen molar-refractivity contribution in [3.8, 4) is 22.8 Å². The lowest BCUT2D eigenvalue weighted by atomic mass is 10.1. The average Bonchev–Trinajstić information content (AvgIpc) is 3.56. The first-order valence-corrected chi connectivity index (χ1v) is 20.2. The maximum absolute atomic E-state index is 9.66. The number of hydrogen-bond donors (Lipinski definition) is 2. The molecule has 10 nitrogen and oxygen atoms in total. The first kappa shape index (κ1) is 27.4. The number of hydrogen-bond acceptors (Lipinski definition) is 7. The number of aliphatic hydroxyl groups excluding tert-OH is 1. The van der Waals surface area contributed by atoms with E-state index in [9.17, 15) is 5.11 Å². The van der Waals surface area contributed by atoms with Gasteiger partial charge in [0.15, 0.2) is 5.82 Å². The van der Waals surface area contributed by atoms with Crippen LogP contribution in [0.5, 0.6) is 0 Å². The smallest absolute Gasteiger partial charge is 0.163 e. The number of H-pyrrole nitrogens is 1. The van der Waals surface area contributed by atoms with E-state index in [2.05, 4.69) is 59.7 Å². The predicted molar refractivity (Wildman–Crippen MR) is 150 cm³/mol. The molecule has 3 heterocycles. The summed E-state index contributed by atoms with van der Waals surface area (Å²) in [4.78, 5) is 4.63. The van der Waals surface area contributed by atoms with Crippen molar-refractivity contribution < 1.29 is 14.6 Å². The Hall–Kier alpha value is -2.65. The van der Waals surface area contributed by atoms with Crippen LogP contribution < -0.4 is 0 Å². The Bertz CT molecular complexity index is 1320. The zero-order valence-electron chi connectivity index (χ0n) is 22.8. The van der Waals surface area contributed by atoms with E-state index in [1.165, 1.54) is 0 Å². The third kappa shape index (κ3) is 7.02. The number of ether oxygens (including phenoxy) is 2. The van der Waals surface area contributed by atoms with Crippen LogP contribution in [-0.2, 0) is 29.5 Å². The second-order valence-electron chi connectivity index (χ2n) is 11.8. The van der Waals surface area contributed by atoms with Crippen LogP contribution in [0.2, 0.25) is 51.4 Å². The van der Waals surface area contributed by atoms with Crippen molar-refractivity contribution in [1.29, 1.82) is 0 Å². The molecule has 4 aromatic rings. The molecule has 37 heavy (non-hydrogen) atoms. The summed E-state index contributed by atoms with van der Waals surface area (Å²) in [6.45, 7) is 16.1. The van der Waals surface area contributed by atoms with Crippen molar-refractivity contribution >= 4 is 27.1 Å². The van der Waals surface area contributed by atoms with Crippen molar-refractivity contribution in [1.82, 2.24) is 34.7 Å². The van der Waals surface area contributed by atoms with Crippen molar-refractivity contribution in [2.75, 3.05) is 13.2 Å². The maximum atomic E-state index is 9.66. The van der Waals surface area contributed by atoms with Crippen LogP contribution >= 0.6 is 0 Å². The van der Waals surface area contributed by atoms with Gasteiger partial charge in [-0.15, -0.1) is 0 Å². The summed E-state index contributed by atoms with van der Waals surface area (Å²) in [5.74, 6) is 0.754. The van der Waals surface area contributed by atoms with Gasteiger partial charge in [-0.1, -0.05) is 45.3 Å². The Kier molecular flexibility index (Phi) is 8.44. The molecule has 2 N–H and O–H groups in total. The van der Waals surface area contributed by atoms with E-state index >= 15 is 0 Å². The van der Waals surface area contributed by atoms with Gasteiger partial charge in [-0.3, -0.25) is 0 Å². The van der Waals surface area contributed by atoms with E-state index in [4.69, 9.17) is 14.6 Å². The fraction of sp³-hybridized carbons (Fsp3) is 0.520. The number of benzene rings is 1. The van der Waals surface area contributed by atoms with Crippen LogP contribution in [0.25, 0.3) is 33.7 Å². The van der Waals surface area contributed by atoms with Crippen LogP contribution in [0.3, 0.4) is 0 Å². The van der Waals surface area contributed by atoms with Gasteiger partial charge >= 0.3 is 0 Å². The molecule has 0 saturated heterocycles. The highest BCUT2D eigenvalue weighted by molar-refractivity contribution is 6.76. The van der Waals surface area contributed by atoms with Crippen molar-refractivity contribution in [3.05, 3.63) is 36.3 Å². The van der Waals surface area contributed by atoms with Crippen molar-refractivity contribution in [2.24, 2.45) is 0 Å². The largest absolute Gasteiger partial charge is 0.390 e. The van der Waals surface area contributed by atoms with E-state index in [1.54, 1.807) is 6.20 Å². The SMILES string of the molecule is C[Si](C)(C)CCOCn1ccnc1-c1nn(COCC[Si](C)(C)C)c2cc(-c3n[nH]nc3CO)ccc12. The first-order chi connectivity index (χ1) is 17.6. The summed E-state index contributed by atoms with van der Waals surface area (Å²) in [6, 6.07) is 8.21. The molecular weight excluding hydrogens is 502 g/mol. The fourth-order valence-electron chi connectivity index (χ4n) is 3.88. The minimum Gasteiger partial charge on any atom is -0.390 e. The fourth-order valence-corrected chi connectivity index (χ4v) is 5.39. The Labute approximate surface area is 220 Å². The van der Waals surface area contributed by atoms with Crippen LogP contribution in [0.15, 0.2) is 30.6 Å². The number of aromatic amines is 1. The van der Waals surface area contributed by atoms with Gasteiger partial charge in [0.25, 0.3) is 0 Å². The van der Waals surface area contributed by atoms with Gasteiger partial charge < -0.3 is 19.1 Å². The Morgan fingerprint density at radius 3 is 2.30 bits per heavy atom. The van der Waals surface area contributed by atoms with E-state index in [0.29, 0.717) is 31.5 Å². The molecule has 0 saturated carbocycles. The van der Waals surface area contributed by atoms with Gasteiger partial charge in [0.1, 0.15) is 30.5 Å². The van der Waals surface area contributed by atoms with Gasteiger partial charge in [-0.2, -0.15) is 20.5 Å². The van der Waals surface area contributed by atoms with Crippen LogP contribution in [0.1, 0.15) is 5.69 Å². The number of imidazole rings is 1. The monoisotopic (exact) mass is 541 g/mol. The number of nitrogens with one attached hydrogen (secondary N) is 1. The van der Waals surface area contributed by atoms with Crippen molar-refractivity contribution in [2.45, 2.75) is 71.4 Å². The molecule has 0 spiro atoms. The normalized spacial score (nSPS) is 12.6. The molecule has 0 atom stereocenters. The molecule has 0 bridgehead atoms. The van der Waals surface area contributed by atoms with E-state index < -0.39 is 16.1 Å². The Balaban J connectivity index is 1.65. The predicted octanol–water partition coefficient (Wildman–Crippen LogP) is 4.80. The molecule has 0 radical (unpaired) electrons. The number of aliphatic hydroxyl groups is 1. The zero-order valence-corrected chi connectivity index (χ0v) is 24.8. The standard InChI is InChI=1S/C25H39N7O3Si2/c1-36(2,3)13-11-34-17-31-10-9-26-25(31)24-20-8-7-19(23-21(16-33)27-30-28-23)15-22(20)32(29-24)18-35-12-14-37(4,5)6/h7-10,15,33H,11-14,16-18H2,1-6H3,(H,27,28,30). The first-order valence-electron chi connectivity index (χ1n) is 12.7. The van der Waals surface area contributed by atoms with E-state index in [0.717, 1.165) is 46.7 Å². The third-order valence-electron chi connectivity index (χ3n) is 6.16. The number of rotatable bonds is 13. The second kappa shape index (κ2) is 11.4. The molecule has 12 heteroatoms. The molecule has 200 valence electrons. The summed E-state index contributed by atoms with van der Waals surface area (Å²) in [5, 5.41) is 26.5. The van der Waals surface area contributed by atoms with Gasteiger partial charge in [-0.05, 0) is 24.2 Å². The molecular formula is C25H39N7O3Si2. The highest BCUT2D eigenvalue weighted by Crippen LogP contribution is 2.31. The average molecular weight is 542 g/mol. The number of aromatic nitrogens is 7. The van der Waals surface area contributed by atoms with Crippen LogP contribution in [0, 0.1) is 0 Å². The summed E-state index contributed by atoms with van der Waals surface area (Å²) >= 11 is 0. The highest BCUT2D eigenvalue weighted by Gasteiger charge is 2.20. The van der Waals surface area contributed by atoms with E-state index in [1.807, 2.05) is 33.6 Å². The summed E-state index contributed by atoms with van der Waals surface area (Å²) in [7, 11) is -2.36. The lowest BCUT2D eigenvalue weighted by Gasteiger charge is -2.16. The van der Waals surface area contributed by atoms with E-state index in [-0.39, 0.29) is 6.61 Å². The van der Waals surface area contributed by atoms with Gasteiger partial charge in [-0.25, -0.2) is 9.67 Å². The number of nitrogens with zero attached hydrogens (tertiary/aromatic N) is 6. The summed E-state index contributed by atoms with van der Waals surface area (Å²) in [6.07, 6.45) is 3.71. The summed E-state index contributed by atoms with van der Waals surface area (Å²) in [5.41, 5.74) is 3.65. The lowest BCUT2D eigenvalue weighted by molar-refractivity contribution is 0.0816. The number of fused-ring (bicyclic) bond motifs is 1. The molecule has 0 amide bonds. The highest BCUT2D eigenvalue weighted by atomic mass is 28.3. The molecule has 1 aromatic carbocycles. The Morgan fingerprint density at radius 2 is 1.62 bits per heavy atom. The molecule has 3 aromatic heterocycles. The quantitative estimate of drug-likeness (QED) is 0.184. The molecule has 0 fully saturated rings. The van der Waals surface area contributed by atoms with Crippen LogP contribution in [-0.4, -0.2) is 69.2 Å². The summed E-state index contributed by atoms with van der Waals surface area (Å²) < 4.78 is 15.9.